The van der Waals surface area contributed by atoms with E-state index in [2.05, 4.69) is 27.8 Å². The Morgan fingerprint density at radius 1 is 1.15 bits per heavy atom. The number of allylic oxidation sites excluding steroid dienone is 2. The van der Waals surface area contributed by atoms with Gasteiger partial charge in [0.1, 0.15) is 11.4 Å². The molecule has 2 aromatic rings. The monoisotopic (exact) mass is 696 g/mol. The topological polar surface area (TPSA) is 102 Å². The third-order valence-corrected chi connectivity index (χ3v) is 13.2. The van der Waals surface area contributed by atoms with Gasteiger partial charge in [0.05, 0.1) is 24.0 Å². The van der Waals surface area contributed by atoms with Crippen LogP contribution in [-0.2, 0) is 31.4 Å². The van der Waals surface area contributed by atoms with Crippen molar-refractivity contribution in [1.82, 2.24) is 4.72 Å². The van der Waals surface area contributed by atoms with Crippen molar-refractivity contribution in [2.75, 3.05) is 24.6 Å². The molecule has 2 bridgehead atoms. The SMILES string of the molecule is C[C@@H]1[C@@H](C)C/C=C/C(CC(=O)OC(C)(C)C)[C@@H]2CC[C@H]2CN2C[C@@]3(CCCc4cc(Cl)ccc43)COc3ccc(cc32)C(=O)NS1(=O)=O. The van der Waals surface area contributed by atoms with Crippen molar-refractivity contribution >= 4 is 39.2 Å². The third kappa shape index (κ3) is 7.28. The minimum absolute atomic E-state index is 0.0362. The van der Waals surface area contributed by atoms with E-state index in [1.165, 1.54) is 11.1 Å². The molecule has 48 heavy (non-hydrogen) atoms. The number of aryl methyl sites for hydroxylation is 1. The smallest absolute Gasteiger partial charge is 0.306 e. The normalized spacial score (nSPS) is 30.8. The van der Waals surface area contributed by atoms with E-state index in [4.69, 9.17) is 21.1 Å². The number of hydrogen-bond acceptors (Lipinski definition) is 7. The van der Waals surface area contributed by atoms with Crippen LogP contribution in [0.15, 0.2) is 48.6 Å². The zero-order valence-corrected chi connectivity index (χ0v) is 30.3. The zero-order valence-electron chi connectivity index (χ0n) is 28.8. The van der Waals surface area contributed by atoms with Crippen LogP contribution in [-0.4, -0.2) is 50.8 Å². The first-order valence-electron chi connectivity index (χ1n) is 17.4. The number of ether oxygens (including phenoxy) is 2. The molecule has 1 N–H and O–H groups in total. The second-order valence-electron chi connectivity index (χ2n) is 15.6. The van der Waals surface area contributed by atoms with E-state index in [0.29, 0.717) is 31.2 Å². The highest BCUT2D eigenvalue weighted by Gasteiger charge is 2.45. The Labute approximate surface area is 290 Å². The fourth-order valence-corrected chi connectivity index (χ4v) is 9.59. The average molecular weight is 697 g/mol. The Hall–Kier alpha value is -3.04. The Morgan fingerprint density at radius 2 is 1.94 bits per heavy atom. The van der Waals surface area contributed by atoms with Gasteiger partial charge in [-0.3, -0.25) is 9.59 Å². The molecule has 2 aliphatic heterocycles. The number of halogens is 1. The van der Waals surface area contributed by atoms with E-state index in [0.717, 1.165) is 49.4 Å². The van der Waals surface area contributed by atoms with Crippen molar-refractivity contribution in [1.29, 1.82) is 0 Å². The summed E-state index contributed by atoms with van der Waals surface area (Å²) in [7, 11) is -3.96. The summed E-state index contributed by atoms with van der Waals surface area (Å²) in [5.41, 5.74) is 2.69. The van der Waals surface area contributed by atoms with Gasteiger partial charge in [0.25, 0.3) is 5.91 Å². The van der Waals surface area contributed by atoms with Gasteiger partial charge >= 0.3 is 5.97 Å². The van der Waals surface area contributed by atoms with Gasteiger partial charge in [-0.2, -0.15) is 0 Å². The molecule has 4 aliphatic rings. The van der Waals surface area contributed by atoms with Crippen molar-refractivity contribution in [3.05, 3.63) is 70.3 Å². The van der Waals surface area contributed by atoms with Gasteiger partial charge in [0.15, 0.2) is 0 Å². The van der Waals surface area contributed by atoms with E-state index in [1.54, 1.807) is 25.1 Å². The summed E-state index contributed by atoms with van der Waals surface area (Å²) in [6, 6.07) is 11.4. The lowest BCUT2D eigenvalue weighted by molar-refractivity contribution is -0.156. The number of sulfonamides is 1. The molecule has 0 aromatic heterocycles. The Balaban J connectivity index is 1.41. The minimum Gasteiger partial charge on any atom is -0.490 e. The van der Waals surface area contributed by atoms with E-state index >= 15 is 0 Å². The molecule has 2 aromatic carbocycles. The lowest BCUT2D eigenvalue weighted by atomic mass is 9.65. The molecule has 10 heteroatoms. The molecule has 260 valence electrons. The molecule has 8 nitrogen and oxygen atoms in total. The highest BCUT2D eigenvalue weighted by molar-refractivity contribution is 7.90. The second-order valence-corrected chi connectivity index (χ2v) is 18.0. The number of amides is 1. The van der Waals surface area contributed by atoms with Gasteiger partial charge in [-0.1, -0.05) is 36.7 Å². The lowest BCUT2D eigenvalue weighted by Gasteiger charge is -2.46. The first kappa shape index (κ1) is 34.8. The number of nitrogens with zero attached hydrogens (tertiary/aromatic N) is 1. The maximum absolute atomic E-state index is 13.5. The summed E-state index contributed by atoms with van der Waals surface area (Å²) >= 11 is 6.44. The summed E-state index contributed by atoms with van der Waals surface area (Å²) < 4.78 is 41.5. The average Bonchev–Trinajstić information content (AvgIpc) is 3.14. The molecular formula is C38H49ClN2O6S. The number of rotatable bonds is 2. The molecule has 2 aliphatic carbocycles. The molecular weight excluding hydrogens is 648 g/mol. The van der Waals surface area contributed by atoms with Crippen LogP contribution < -0.4 is 14.4 Å². The van der Waals surface area contributed by atoms with E-state index in [-0.39, 0.29) is 41.1 Å². The highest BCUT2D eigenvalue weighted by atomic mass is 35.5. The second kappa shape index (κ2) is 13.3. The van der Waals surface area contributed by atoms with Crippen LogP contribution in [0, 0.1) is 23.7 Å². The first-order valence-corrected chi connectivity index (χ1v) is 19.3. The molecule has 1 spiro atoms. The van der Waals surface area contributed by atoms with Crippen molar-refractivity contribution in [3.8, 4) is 5.75 Å². The molecule has 1 fully saturated rings. The maximum atomic E-state index is 13.5. The van der Waals surface area contributed by atoms with Crippen molar-refractivity contribution in [2.24, 2.45) is 23.7 Å². The first-order chi connectivity index (χ1) is 22.6. The van der Waals surface area contributed by atoms with E-state index in [1.807, 2.05) is 39.8 Å². The van der Waals surface area contributed by atoms with Gasteiger partial charge in [-0.05, 0) is 131 Å². The van der Waals surface area contributed by atoms with Crippen LogP contribution in [0.4, 0.5) is 5.69 Å². The number of nitrogens with one attached hydrogen (secondary N) is 1. The van der Waals surface area contributed by atoms with Crippen molar-refractivity contribution in [2.45, 2.75) is 95.8 Å². The minimum atomic E-state index is -3.96. The number of carbonyl (C=O) groups is 2. The highest BCUT2D eigenvalue weighted by Crippen LogP contribution is 2.48. The van der Waals surface area contributed by atoms with Gasteiger partial charge in [-0.25, -0.2) is 13.1 Å². The van der Waals surface area contributed by atoms with Crippen molar-refractivity contribution in [3.63, 3.8) is 0 Å². The van der Waals surface area contributed by atoms with Crippen LogP contribution in [0.3, 0.4) is 0 Å². The Kier molecular flexibility index (Phi) is 9.68. The molecule has 6 atom stereocenters. The fraction of sp³-hybridized carbons (Fsp3) is 0.579. The van der Waals surface area contributed by atoms with Crippen LogP contribution >= 0.6 is 11.6 Å². The predicted octanol–water partition coefficient (Wildman–Crippen LogP) is 7.23. The number of carbonyl (C=O) groups excluding carboxylic acids is 2. The Morgan fingerprint density at radius 3 is 2.67 bits per heavy atom. The van der Waals surface area contributed by atoms with Crippen LogP contribution in [0.25, 0.3) is 0 Å². The largest absolute Gasteiger partial charge is 0.490 e. The standard InChI is InChI=1S/C38H49ClN2O6S/c1-24-8-6-9-26(20-35(42)47-37(3,4)5)31-14-11-29(31)21-41-22-38(17-7-10-27-18-30(39)13-15-32(27)38)23-46-34-16-12-28(19-33(34)41)36(43)40-48(44,45)25(24)2/h6,9,12-13,15-16,18-19,24-26,29,31H,7-8,10-11,14,17,20-23H2,1-5H3,(H,40,43)/b9-6+/t24-,25+,26?,29-,31-,38-/m0/s1. The van der Waals surface area contributed by atoms with E-state index < -0.39 is 26.8 Å². The van der Waals surface area contributed by atoms with Crippen LogP contribution in [0.5, 0.6) is 5.75 Å². The number of fused-ring (bicyclic) bond motifs is 4. The molecule has 6 rings (SSSR count). The summed E-state index contributed by atoms with van der Waals surface area (Å²) in [4.78, 5) is 29.0. The summed E-state index contributed by atoms with van der Waals surface area (Å²) in [5, 5.41) is -0.0792. The zero-order chi connectivity index (χ0) is 34.4. The summed E-state index contributed by atoms with van der Waals surface area (Å²) in [5.74, 6) is 0.0845. The van der Waals surface area contributed by atoms with Gasteiger partial charge in [-0.15, -0.1) is 0 Å². The predicted molar refractivity (Wildman–Crippen MR) is 189 cm³/mol. The Bertz CT molecular complexity index is 1700. The third-order valence-electron chi connectivity index (χ3n) is 11.0. The summed E-state index contributed by atoms with van der Waals surface area (Å²) in [6.07, 6.45) is 9.86. The van der Waals surface area contributed by atoms with Crippen LogP contribution in [0.2, 0.25) is 5.02 Å². The van der Waals surface area contributed by atoms with E-state index in [9.17, 15) is 18.0 Å². The molecule has 0 saturated heterocycles. The van der Waals surface area contributed by atoms with Crippen LogP contribution in [0.1, 0.15) is 94.6 Å². The molecule has 1 saturated carbocycles. The molecule has 1 amide bonds. The van der Waals surface area contributed by atoms with Gasteiger partial charge < -0.3 is 14.4 Å². The number of esters is 1. The number of anilines is 1. The fourth-order valence-electron chi connectivity index (χ4n) is 8.11. The summed E-state index contributed by atoms with van der Waals surface area (Å²) in [6.45, 7) is 11.1. The quantitative estimate of drug-likeness (QED) is 0.261. The van der Waals surface area contributed by atoms with Crippen molar-refractivity contribution < 1.29 is 27.5 Å². The number of benzene rings is 2. The molecule has 1 unspecified atom stereocenters. The molecule has 2 heterocycles. The molecule has 0 radical (unpaired) electrons. The number of hydrogen-bond donors (Lipinski definition) is 1. The van der Waals surface area contributed by atoms with Gasteiger partial charge in [0, 0.05) is 29.1 Å². The van der Waals surface area contributed by atoms with Gasteiger partial charge in [0.2, 0.25) is 10.0 Å². The maximum Gasteiger partial charge on any atom is 0.306 e. The lowest BCUT2D eigenvalue weighted by Crippen LogP contribution is -2.49.